The summed E-state index contributed by atoms with van der Waals surface area (Å²) < 4.78 is 0. The molecule has 3 N–H and O–H groups in total. The van der Waals surface area contributed by atoms with Gasteiger partial charge in [0, 0.05) is 6.04 Å². The van der Waals surface area contributed by atoms with Crippen molar-refractivity contribution in [3.05, 3.63) is 0 Å². The van der Waals surface area contributed by atoms with Crippen molar-refractivity contribution in [3.63, 3.8) is 0 Å². The standard InChI is InChI=1S/C2H4N2/c1-2-4-3/h1,4H,3H2. The molecule has 22 valence electrons. The summed E-state index contributed by atoms with van der Waals surface area (Å²) in [6.45, 7) is 0. The summed E-state index contributed by atoms with van der Waals surface area (Å²) in [6, 6.07) is 1.96. The second-order valence-corrected chi connectivity index (χ2v) is 0.289. The topological polar surface area (TPSA) is 38.0 Å². The van der Waals surface area contributed by atoms with Crippen LogP contribution in [0.2, 0.25) is 0 Å². The molecule has 0 aromatic heterocycles. The van der Waals surface area contributed by atoms with Gasteiger partial charge in [0.25, 0.3) is 0 Å². The van der Waals surface area contributed by atoms with Crippen molar-refractivity contribution in [2.24, 2.45) is 5.84 Å². The van der Waals surface area contributed by atoms with Gasteiger partial charge in [0.15, 0.2) is 0 Å². The minimum Gasteiger partial charge on any atom is -0.283 e. The lowest BCUT2D eigenvalue weighted by Gasteiger charge is -1.67. The van der Waals surface area contributed by atoms with E-state index >= 15 is 0 Å². The molecule has 0 saturated heterocycles. The summed E-state index contributed by atoms with van der Waals surface area (Å²) in [5.74, 6) is 4.54. The molecular weight excluding hydrogens is 52.0 g/mol. The molecule has 2 heteroatoms. The number of hydrogen-bond donors (Lipinski definition) is 2. The fourth-order valence-electron chi connectivity index (χ4n) is 0. The van der Waals surface area contributed by atoms with Crippen LogP contribution < -0.4 is 11.3 Å². The molecule has 0 aromatic carbocycles. The van der Waals surface area contributed by atoms with Crippen LogP contribution in [0.4, 0.5) is 0 Å². The summed E-state index contributed by atoms with van der Waals surface area (Å²) in [4.78, 5) is 0. The molecule has 0 saturated carbocycles. The van der Waals surface area contributed by atoms with Gasteiger partial charge in [-0.05, 0) is 0 Å². The number of hydrazine groups is 1. The van der Waals surface area contributed by atoms with Gasteiger partial charge in [-0.25, -0.2) is 5.84 Å². The van der Waals surface area contributed by atoms with Crippen molar-refractivity contribution in [2.75, 3.05) is 0 Å². The van der Waals surface area contributed by atoms with Gasteiger partial charge < -0.3 is 0 Å². The fraction of sp³-hybridized carbons (Fsp3) is 0. The monoisotopic (exact) mass is 56.0 g/mol. The van der Waals surface area contributed by atoms with Gasteiger partial charge in [0.2, 0.25) is 0 Å². The highest BCUT2D eigenvalue weighted by molar-refractivity contribution is 4.74. The average Bonchev–Trinajstić information content (AvgIpc) is 1.37. The Bertz CT molecular complexity index is 33.8. The molecule has 0 atom stereocenters. The number of rotatable bonds is 0. The Morgan fingerprint density at radius 1 is 2.00 bits per heavy atom. The first kappa shape index (κ1) is 3.32. The quantitative estimate of drug-likeness (QED) is 0.162. The molecule has 2 nitrogen and oxygen atoms in total. The Hall–Kier alpha value is -0.680. The lowest BCUT2D eigenvalue weighted by atomic mass is 11.2. The van der Waals surface area contributed by atoms with Crippen LogP contribution in [0.5, 0.6) is 0 Å². The first-order valence-electron chi connectivity index (χ1n) is 0.827. The van der Waals surface area contributed by atoms with Crippen molar-refractivity contribution in [1.82, 2.24) is 5.43 Å². The average molecular weight is 56.1 g/mol. The summed E-state index contributed by atoms with van der Waals surface area (Å²) in [5, 5.41) is 0. The van der Waals surface area contributed by atoms with Crippen LogP contribution in [0.15, 0.2) is 0 Å². The van der Waals surface area contributed by atoms with Crippen LogP contribution in [0.25, 0.3) is 0 Å². The first-order valence-corrected chi connectivity index (χ1v) is 0.827. The van der Waals surface area contributed by atoms with Crippen molar-refractivity contribution in [2.45, 2.75) is 0 Å². The van der Waals surface area contributed by atoms with Crippen LogP contribution in [-0.4, -0.2) is 0 Å². The fourth-order valence-corrected chi connectivity index (χ4v) is 0. The maximum atomic E-state index is 4.54. The predicted octanol–water partition coefficient (Wildman–Crippen LogP) is -0.960. The van der Waals surface area contributed by atoms with Crippen LogP contribution in [0.3, 0.4) is 0 Å². The van der Waals surface area contributed by atoms with E-state index in [1.165, 1.54) is 0 Å². The highest BCUT2D eigenvalue weighted by Crippen LogP contribution is 1.08. The van der Waals surface area contributed by atoms with E-state index in [-0.39, 0.29) is 0 Å². The number of nitrogens with two attached hydrogens (primary N) is 1. The lowest BCUT2D eigenvalue weighted by Crippen LogP contribution is -2.12. The highest BCUT2D eigenvalue weighted by atomic mass is 15.2. The van der Waals surface area contributed by atoms with E-state index in [0.29, 0.717) is 0 Å². The Kier molecular flexibility index (Phi) is 1.93. The minimum atomic E-state index is 1.96. The molecule has 0 aliphatic carbocycles. The zero-order valence-electron chi connectivity index (χ0n) is 2.15. The second-order valence-electron chi connectivity index (χ2n) is 0.289. The van der Waals surface area contributed by atoms with E-state index in [2.05, 4.69) is 12.3 Å². The van der Waals surface area contributed by atoms with Crippen molar-refractivity contribution >= 4 is 0 Å². The van der Waals surface area contributed by atoms with Gasteiger partial charge in [-0.2, -0.15) is 0 Å². The number of nitrogens with one attached hydrogen (secondary N) is 1. The third-order valence-electron chi connectivity index (χ3n) is 0.0833. The van der Waals surface area contributed by atoms with Crippen molar-refractivity contribution < 1.29 is 0 Å². The molecule has 0 fully saturated rings. The predicted molar refractivity (Wildman–Crippen MR) is 16.2 cm³/mol. The molecule has 4 heavy (non-hydrogen) atoms. The maximum absolute atomic E-state index is 4.54. The third kappa shape index (κ3) is 1.32. The molecule has 0 amide bonds. The van der Waals surface area contributed by atoms with Crippen molar-refractivity contribution in [1.29, 1.82) is 0 Å². The van der Waals surface area contributed by atoms with Gasteiger partial charge in [0.1, 0.15) is 0 Å². The smallest absolute Gasteiger partial charge is 0.0165 e. The Morgan fingerprint density at radius 2 is 2.25 bits per heavy atom. The summed E-state index contributed by atoms with van der Waals surface area (Å²) in [7, 11) is 0. The summed E-state index contributed by atoms with van der Waals surface area (Å²) in [5.41, 5.74) is 1.96. The number of hydrogen-bond acceptors (Lipinski definition) is 2. The van der Waals surface area contributed by atoms with Crippen LogP contribution in [-0.2, 0) is 0 Å². The van der Waals surface area contributed by atoms with Gasteiger partial charge in [-0.1, -0.05) is 6.42 Å². The molecule has 0 heterocycles. The molecule has 0 spiro atoms. The Labute approximate surface area is 25.0 Å². The van der Waals surface area contributed by atoms with E-state index < -0.39 is 0 Å². The van der Waals surface area contributed by atoms with E-state index in [9.17, 15) is 0 Å². The third-order valence-corrected chi connectivity index (χ3v) is 0.0833. The molecule has 0 aliphatic heterocycles. The molecule has 0 rings (SSSR count). The van der Waals surface area contributed by atoms with E-state index in [1.54, 1.807) is 0 Å². The SMILES string of the molecule is C#CNN. The van der Waals surface area contributed by atoms with Gasteiger partial charge in [-0.3, -0.25) is 5.43 Å². The Morgan fingerprint density at radius 3 is 2.25 bits per heavy atom. The van der Waals surface area contributed by atoms with E-state index in [1.807, 2.05) is 11.5 Å². The zero-order chi connectivity index (χ0) is 3.41. The first-order chi connectivity index (χ1) is 1.91. The molecule has 0 aliphatic rings. The normalized spacial score (nSPS) is 4.00. The van der Waals surface area contributed by atoms with Gasteiger partial charge in [0.05, 0.1) is 0 Å². The van der Waals surface area contributed by atoms with Crippen molar-refractivity contribution in [3.8, 4) is 12.5 Å². The minimum absolute atomic E-state index is 1.96. The van der Waals surface area contributed by atoms with Crippen LogP contribution in [0, 0.1) is 12.5 Å². The van der Waals surface area contributed by atoms with Gasteiger partial charge >= 0.3 is 0 Å². The van der Waals surface area contributed by atoms with Crippen LogP contribution >= 0.6 is 0 Å². The largest absolute Gasteiger partial charge is 0.283 e. The second kappa shape index (κ2) is 2.32. The van der Waals surface area contributed by atoms with Crippen LogP contribution in [0.1, 0.15) is 0 Å². The zero-order valence-corrected chi connectivity index (χ0v) is 2.15. The van der Waals surface area contributed by atoms with E-state index in [0.717, 1.165) is 0 Å². The summed E-state index contributed by atoms with van der Waals surface area (Å²) in [6.07, 6.45) is 4.54. The highest BCUT2D eigenvalue weighted by Gasteiger charge is 1.31. The molecule has 0 unspecified atom stereocenters. The molecule has 0 radical (unpaired) electrons. The maximum Gasteiger partial charge on any atom is 0.0165 e. The lowest BCUT2D eigenvalue weighted by molar-refractivity contribution is 1.01. The molecule has 0 bridgehead atoms. The molecular formula is C2H4N2. The Balaban J connectivity index is 2.43. The number of terminal acetylenes is 1. The van der Waals surface area contributed by atoms with Gasteiger partial charge in [-0.15, -0.1) is 0 Å². The molecule has 0 aromatic rings. The van der Waals surface area contributed by atoms with E-state index in [4.69, 9.17) is 0 Å². The summed E-state index contributed by atoms with van der Waals surface area (Å²) >= 11 is 0.